The number of benzene rings is 1. The lowest BCUT2D eigenvalue weighted by atomic mass is 10.1. The highest BCUT2D eigenvalue weighted by molar-refractivity contribution is 7.14. The van der Waals surface area contributed by atoms with Crippen LogP contribution in [-0.2, 0) is 12.8 Å². The molecule has 2 nitrogen and oxygen atoms in total. The highest BCUT2D eigenvalue weighted by Gasteiger charge is 2.12. The van der Waals surface area contributed by atoms with Crippen molar-refractivity contribution >= 4 is 16.5 Å². The molecule has 0 fully saturated rings. The number of hydrogen-bond acceptors (Lipinski definition) is 3. The third-order valence-electron chi connectivity index (χ3n) is 3.31. The van der Waals surface area contributed by atoms with Gasteiger partial charge in [-0.1, -0.05) is 12.1 Å². The number of anilines is 1. The molecular formula is C15H18N2S. The third-order valence-corrected chi connectivity index (χ3v) is 4.08. The van der Waals surface area contributed by atoms with Crippen LogP contribution in [0.2, 0.25) is 0 Å². The predicted octanol–water partition coefficient (Wildman–Crippen LogP) is 4.12. The number of aromatic nitrogens is 1. The minimum absolute atomic E-state index is 0.434. The van der Waals surface area contributed by atoms with Gasteiger partial charge in [-0.05, 0) is 50.3 Å². The highest BCUT2D eigenvalue weighted by Crippen LogP contribution is 2.30. The van der Waals surface area contributed by atoms with Gasteiger partial charge in [-0.2, -0.15) is 0 Å². The van der Waals surface area contributed by atoms with E-state index in [9.17, 15) is 0 Å². The standard InChI is InChI=1S/C15H18N2S/c1-10(2)16-15-17-14(9-18-15)13-7-6-11-4-3-5-12(11)8-13/h6-10H,3-5H2,1-2H3,(H,16,17). The van der Waals surface area contributed by atoms with Gasteiger partial charge in [0.15, 0.2) is 5.13 Å². The molecule has 1 aliphatic carbocycles. The van der Waals surface area contributed by atoms with Crippen LogP contribution in [-0.4, -0.2) is 11.0 Å². The maximum Gasteiger partial charge on any atom is 0.183 e. The van der Waals surface area contributed by atoms with Crippen LogP contribution in [0.5, 0.6) is 0 Å². The molecule has 3 heteroatoms. The summed E-state index contributed by atoms with van der Waals surface area (Å²) in [6.07, 6.45) is 3.77. The van der Waals surface area contributed by atoms with E-state index in [1.807, 2.05) is 0 Å². The van der Waals surface area contributed by atoms with Crippen molar-refractivity contribution in [2.45, 2.75) is 39.2 Å². The molecule has 0 amide bonds. The van der Waals surface area contributed by atoms with E-state index in [1.54, 1.807) is 11.3 Å². The molecule has 94 valence electrons. The van der Waals surface area contributed by atoms with Crippen LogP contribution in [0, 0.1) is 0 Å². The number of aryl methyl sites for hydroxylation is 2. The summed E-state index contributed by atoms with van der Waals surface area (Å²) in [6, 6.07) is 7.23. The number of rotatable bonds is 3. The van der Waals surface area contributed by atoms with Gasteiger partial charge >= 0.3 is 0 Å². The zero-order chi connectivity index (χ0) is 12.5. The number of nitrogens with one attached hydrogen (secondary N) is 1. The molecule has 1 N–H and O–H groups in total. The monoisotopic (exact) mass is 258 g/mol. The van der Waals surface area contributed by atoms with Crippen LogP contribution in [0.15, 0.2) is 23.6 Å². The van der Waals surface area contributed by atoms with Gasteiger partial charge in [-0.15, -0.1) is 11.3 Å². The second-order valence-corrected chi connectivity index (χ2v) is 6.03. The zero-order valence-electron chi connectivity index (χ0n) is 10.9. The van der Waals surface area contributed by atoms with Crippen LogP contribution in [0.25, 0.3) is 11.3 Å². The molecule has 0 saturated carbocycles. The van der Waals surface area contributed by atoms with Crippen molar-refractivity contribution in [3.8, 4) is 11.3 Å². The van der Waals surface area contributed by atoms with E-state index in [4.69, 9.17) is 0 Å². The number of fused-ring (bicyclic) bond motifs is 1. The van der Waals surface area contributed by atoms with Gasteiger partial charge in [0.05, 0.1) is 5.69 Å². The number of thiazole rings is 1. The van der Waals surface area contributed by atoms with Crippen LogP contribution in [0.4, 0.5) is 5.13 Å². The van der Waals surface area contributed by atoms with Crippen molar-refractivity contribution in [3.63, 3.8) is 0 Å². The summed E-state index contributed by atoms with van der Waals surface area (Å²) in [7, 11) is 0. The van der Waals surface area contributed by atoms with Gasteiger partial charge < -0.3 is 5.32 Å². The second-order valence-electron chi connectivity index (χ2n) is 5.17. The number of hydrogen-bond donors (Lipinski definition) is 1. The van der Waals surface area contributed by atoms with Crippen LogP contribution in [0.3, 0.4) is 0 Å². The molecule has 18 heavy (non-hydrogen) atoms. The Morgan fingerprint density at radius 2 is 2.06 bits per heavy atom. The Labute approximate surface area is 112 Å². The fourth-order valence-corrected chi connectivity index (χ4v) is 3.32. The van der Waals surface area contributed by atoms with E-state index < -0.39 is 0 Å². The molecule has 0 aliphatic heterocycles. The van der Waals surface area contributed by atoms with Crippen molar-refractivity contribution in [2.75, 3.05) is 5.32 Å². The molecule has 0 bridgehead atoms. The van der Waals surface area contributed by atoms with Gasteiger partial charge in [-0.3, -0.25) is 0 Å². The van der Waals surface area contributed by atoms with Crippen molar-refractivity contribution in [1.29, 1.82) is 0 Å². The summed E-state index contributed by atoms with van der Waals surface area (Å²) < 4.78 is 0. The van der Waals surface area contributed by atoms with Crippen molar-refractivity contribution in [2.24, 2.45) is 0 Å². The Bertz CT molecular complexity index is 557. The maximum absolute atomic E-state index is 4.65. The van der Waals surface area contributed by atoms with E-state index in [0.29, 0.717) is 6.04 Å². The fourth-order valence-electron chi connectivity index (χ4n) is 2.45. The summed E-state index contributed by atoms with van der Waals surface area (Å²) in [5.41, 5.74) is 5.38. The van der Waals surface area contributed by atoms with Crippen LogP contribution < -0.4 is 5.32 Å². The molecule has 0 unspecified atom stereocenters. The minimum atomic E-state index is 0.434. The Balaban J connectivity index is 1.88. The average Bonchev–Trinajstić information content (AvgIpc) is 2.95. The normalized spacial score (nSPS) is 13.9. The van der Waals surface area contributed by atoms with Crippen LogP contribution in [0.1, 0.15) is 31.4 Å². The van der Waals surface area contributed by atoms with Crippen molar-refractivity contribution in [3.05, 3.63) is 34.7 Å². The highest BCUT2D eigenvalue weighted by atomic mass is 32.1. The zero-order valence-corrected chi connectivity index (χ0v) is 11.7. The lowest BCUT2D eigenvalue weighted by Gasteiger charge is -2.05. The summed E-state index contributed by atoms with van der Waals surface area (Å²) in [4.78, 5) is 4.65. The van der Waals surface area contributed by atoms with Gasteiger partial charge in [0, 0.05) is 17.0 Å². The van der Waals surface area contributed by atoms with Crippen LogP contribution >= 0.6 is 11.3 Å². The SMILES string of the molecule is CC(C)Nc1nc(-c2ccc3c(c2)CCC3)cs1. The van der Waals surface area contributed by atoms with Gasteiger partial charge in [0.1, 0.15) is 0 Å². The second kappa shape index (κ2) is 4.73. The topological polar surface area (TPSA) is 24.9 Å². The largest absolute Gasteiger partial charge is 0.359 e. The summed E-state index contributed by atoms with van der Waals surface area (Å²) >= 11 is 1.68. The third kappa shape index (κ3) is 2.27. The molecular weight excluding hydrogens is 240 g/mol. The maximum atomic E-state index is 4.65. The first kappa shape index (κ1) is 11.7. The first-order valence-electron chi connectivity index (χ1n) is 6.56. The Morgan fingerprint density at radius 3 is 2.89 bits per heavy atom. The molecule has 1 aromatic heterocycles. The predicted molar refractivity (Wildman–Crippen MR) is 78.3 cm³/mol. The first-order valence-corrected chi connectivity index (χ1v) is 7.44. The number of nitrogens with zero attached hydrogens (tertiary/aromatic N) is 1. The smallest absolute Gasteiger partial charge is 0.183 e. The summed E-state index contributed by atoms with van der Waals surface area (Å²) in [5, 5.41) is 6.51. The molecule has 2 aromatic rings. The van der Waals surface area contributed by atoms with E-state index in [1.165, 1.54) is 36.0 Å². The Morgan fingerprint density at radius 1 is 1.22 bits per heavy atom. The van der Waals surface area contributed by atoms with E-state index in [0.717, 1.165) is 10.8 Å². The molecule has 1 aromatic carbocycles. The summed E-state index contributed by atoms with van der Waals surface area (Å²) in [6.45, 7) is 4.27. The Kier molecular flexibility index (Phi) is 3.08. The minimum Gasteiger partial charge on any atom is -0.359 e. The van der Waals surface area contributed by atoms with Gasteiger partial charge in [0.2, 0.25) is 0 Å². The molecule has 0 atom stereocenters. The van der Waals surface area contributed by atoms with Crippen molar-refractivity contribution < 1.29 is 0 Å². The van der Waals surface area contributed by atoms with Gasteiger partial charge in [-0.25, -0.2) is 4.98 Å². The summed E-state index contributed by atoms with van der Waals surface area (Å²) in [5.74, 6) is 0. The van der Waals surface area contributed by atoms with E-state index in [2.05, 4.69) is 47.7 Å². The lowest BCUT2D eigenvalue weighted by Crippen LogP contribution is -2.08. The molecule has 1 heterocycles. The Hall–Kier alpha value is -1.35. The molecule has 1 aliphatic rings. The quantitative estimate of drug-likeness (QED) is 0.895. The van der Waals surface area contributed by atoms with E-state index >= 15 is 0 Å². The average molecular weight is 258 g/mol. The first-order chi connectivity index (χ1) is 8.72. The fraction of sp³-hybridized carbons (Fsp3) is 0.400. The molecule has 0 saturated heterocycles. The lowest BCUT2D eigenvalue weighted by molar-refractivity contribution is 0.897. The van der Waals surface area contributed by atoms with E-state index in [-0.39, 0.29) is 0 Å². The molecule has 0 radical (unpaired) electrons. The molecule has 3 rings (SSSR count). The van der Waals surface area contributed by atoms with Crippen molar-refractivity contribution in [1.82, 2.24) is 4.98 Å². The van der Waals surface area contributed by atoms with Gasteiger partial charge in [0.25, 0.3) is 0 Å². The molecule has 0 spiro atoms.